The third-order valence-corrected chi connectivity index (χ3v) is 4.29. The van der Waals surface area contributed by atoms with Crippen molar-refractivity contribution >= 4 is 6.47 Å². The highest BCUT2D eigenvalue weighted by atomic mass is 16.3. The first kappa shape index (κ1) is 22.7. The van der Waals surface area contributed by atoms with Gasteiger partial charge in [0.25, 0.3) is 0 Å². The summed E-state index contributed by atoms with van der Waals surface area (Å²) in [6, 6.07) is 0. The summed E-state index contributed by atoms with van der Waals surface area (Å²) in [5.74, 6) is 0. The van der Waals surface area contributed by atoms with E-state index < -0.39 is 6.47 Å². The lowest BCUT2D eigenvalue weighted by atomic mass is 10.1. The van der Waals surface area contributed by atoms with E-state index in [1.54, 1.807) is 0 Å². The molecule has 0 N–H and O–H groups in total. The molecule has 0 bridgehead atoms. The smallest absolute Gasteiger partial charge is 0.243 e. The molecule has 0 amide bonds. The molecule has 1 aromatic heterocycles. The zero-order valence-corrected chi connectivity index (χ0v) is 15.9. The lowest BCUT2D eigenvalue weighted by Gasteiger charge is -1.99. The standard InChI is InChI=1S/C19H37N2.CH2O2/c1-3-5-7-9-11-13-15-20-17-18-21(19-20)16-14-12-10-8-6-4-2;2-1-3/h17-19H,3-16H2,1-2H3;1H,(H,2,3)/q+1;/p-1. The third-order valence-electron chi connectivity index (χ3n) is 4.29. The minimum atomic E-state index is -0.500. The van der Waals surface area contributed by atoms with E-state index in [2.05, 4.69) is 41.7 Å². The quantitative estimate of drug-likeness (QED) is 0.294. The molecule has 0 aliphatic carbocycles. The zero-order valence-electron chi connectivity index (χ0n) is 15.9. The first-order valence-corrected chi connectivity index (χ1v) is 9.88. The molecule has 140 valence electrons. The number of aryl methyl sites for hydroxylation is 2. The van der Waals surface area contributed by atoms with Crippen molar-refractivity contribution in [3.05, 3.63) is 18.7 Å². The number of rotatable bonds is 14. The van der Waals surface area contributed by atoms with Gasteiger partial charge in [-0.25, -0.2) is 9.13 Å². The van der Waals surface area contributed by atoms with Crippen LogP contribution >= 0.6 is 0 Å². The molecule has 0 spiro atoms. The summed E-state index contributed by atoms with van der Waals surface area (Å²) in [6.45, 7) is 6.44. The van der Waals surface area contributed by atoms with Gasteiger partial charge in [0.15, 0.2) is 0 Å². The normalized spacial score (nSPS) is 10.2. The average Bonchev–Trinajstić information content (AvgIpc) is 3.02. The van der Waals surface area contributed by atoms with Crippen molar-refractivity contribution in [3.63, 3.8) is 0 Å². The number of unbranched alkanes of at least 4 members (excludes halogenated alkanes) is 10. The van der Waals surface area contributed by atoms with Gasteiger partial charge in [0.1, 0.15) is 12.4 Å². The van der Waals surface area contributed by atoms with E-state index in [1.165, 1.54) is 90.1 Å². The molecule has 0 aliphatic heterocycles. The van der Waals surface area contributed by atoms with Crippen LogP contribution in [-0.4, -0.2) is 11.0 Å². The predicted octanol–water partition coefficient (Wildman–Crippen LogP) is 3.86. The van der Waals surface area contributed by atoms with Gasteiger partial charge in [0.05, 0.1) is 13.1 Å². The molecule has 0 fully saturated rings. The highest BCUT2D eigenvalue weighted by molar-refractivity contribution is 5.29. The topological polar surface area (TPSA) is 48.9 Å². The molecule has 0 aliphatic rings. The van der Waals surface area contributed by atoms with Crippen LogP contribution in [0.4, 0.5) is 0 Å². The Labute approximate surface area is 148 Å². The van der Waals surface area contributed by atoms with Gasteiger partial charge in [-0.2, -0.15) is 0 Å². The van der Waals surface area contributed by atoms with Crippen LogP contribution in [-0.2, 0) is 17.9 Å². The second kappa shape index (κ2) is 18.0. The van der Waals surface area contributed by atoms with E-state index >= 15 is 0 Å². The van der Waals surface area contributed by atoms with E-state index in [-0.39, 0.29) is 0 Å². The summed E-state index contributed by atoms with van der Waals surface area (Å²) in [4.78, 5) is 8.25. The Hall–Kier alpha value is -1.32. The largest absolute Gasteiger partial charge is 0.554 e. The molecule has 4 nitrogen and oxygen atoms in total. The summed E-state index contributed by atoms with van der Waals surface area (Å²) in [5, 5.41) is 8.25. The zero-order chi connectivity index (χ0) is 17.9. The van der Waals surface area contributed by atoms with Crippen molar-refractivity contribution < 1.29 is 14.5 Å². The van der Waals surface area contributed by atoms with Crippen LogP contribution in [0.5, 0.6) is 0 Å². The van der Waals surface area contributed by atoms with Gasteiger partial charge < -0.3 is 9.90 Å². The molecule has 0 atom stereocenters. The Balaban J connectivity index is 0.00000163. The minimum absolute atomic E-state index is 0.500. The van der Waals surface area contributed by atoms with Crippen LogP contribution in [0.25, 0.3) is 0 Å². The highest BCUT2D eigenvalue weighted by Crippen LogP contribution is 2.06. The number of carbonyl (C=O) groups is 1. The number of carboxylic acid groups (broad SMARTS) is 1. The van der Waals surface area contributed by atoms with Crippen molar-refractivity contribution in [1.29, 1.82) is 0 Å². The van der Waals surface area contributed by atoms with Crippen molar-refractivity contribution in [2.24, 2.45) is 0 Å². The second-order valence-corrected chi connectivity index (χ2v) is 6.52. The van der Waals surface area contributed by atoms with Gasteiger partial charge in [-0.15, -0.1) is 0 Å². The molecule has 1 aromatic rings. The molecule has 4 heteroatoms. The summed E-state index contributed by atoms with van der Waals surface area (Å²) in [6.07, 6.45) is 23.3. The summed E-state index contributed by atoms with van der Waals surface area (Å²) in [5.41, 5.74) is 0. The maximum atomic E-state index is 8.25. The predicted molar refractivity (Wildman–Crippen MR) is 97.4 cm³/mol. The van der Waals surface area contributed by atoms with Crippen molar-refractivity contribution in [1.82, 2.24) is 4.57 Å². The van der Waals surface area contributed by atoms with Gasteiger partial charge in [-0.3, -0.25) is 0 Å². The Morgan fingerprint density at radius 1 is 0.875 bits per heavy atom. The highest BCUT2D eigenvalue weighted by Gasteiger charge is 2.03. The van der Waals surface area contributed by atoms with Crippen LogP contribution in [0.3, 0.4) is 0 Å². The van der Waals surface area contributed by atoms with Gasteiger partial charge in [-0.05, 0) is 25.7 Å². The lowest BCUT2D eigenvalue weighted by molar-refractivity contribution is -0.696. The Bertz CT molecular complexity index is 347. The Kier molecular flexibility index (Phi) is 17.0. The first-order chi connectivity index (χ1) is 11.8. The van der Waals surface area contributed by atoms with Crippen molar-refractivity contribution in [2.45, 2.75) is 104 Å². The number of imidazole rings is 1. The second-order valence-electron chi connectivity index (χ2n) is 6.52. The van der Waals surface area contributed by atoms with E-state index in [4.69, 9.17) is 9.90 Å². The molecule has 0 radical (unpaired) electrons. The molecular weight excluding hydrogens is 300 g/mol. The monoisotopic (exact) mass is 338 g/mol. The molecule has 1 rings (SSSR count). The van der Waals surface area contributed by atoms with E-state index in [0.717, 1.165) is 0 Å². The van der Waals surface area contributed by atoms with Gasteiger partial charge in [0.2, 0.25) is 6.33 Å². The fraction of sp³-hybridized carbons (Fsp3) is 0.800. The number of carbonyl (C=O) groups excluding carboxylic acids is 1. The fourth-order valence-electron chi connectivity index (χ4n) is 2.85. The SMILES string of the molecule is CCCCCCCCn1cc[n+](CCCCCCCC)c1.O=C[O-]. The maximum Gasteiger partial charge on any atom is 0.243 e. The molecule has 0 aromatic carbocycles. The minimum Gasteiger partial charge on any atom is -0.554 e. The maximum absolute atomic E-state index is 8.25. The average molecular weight is 339 g/mol. The Morgan fingerprint density at radius 2 is 1.38 bits per heavy atom. The third kappa shape index (κ3) is 14.3. The van der Waals surface area contributed by atoms with Crippen LogP contribution in [0, 0.1) is 0 Å². The van der Waals surface area contributed by atoms with Gasteiger partial charge in [0, 0.05) is 6.47 Å². The summed E-state index contributed by atoms with van der Waals surface area (Å²) in [7, 11) is 0. The van der Waals surface area contributed by atoms with Crippen LogP contribution < -0.4 is 9.67 Å². The first-order valence-electron chi connectivity index (χ1n) is 9.88. The summed E-state index contributed by atoms with van der Waals surface area (Å²) >= 11 is 0. The van der Waals surface area contributed by atoms with Crippen LogP contribution in [0.1, 0.15) is 90.9 Å². The van der Waals surface area contributed by atoms with E-state index in [0.29, 0.717) is 0 Å². The van der Waals surface area contributed by atoms with Crippen molar-refractivity contribution in [2.75, 3.05) is 0 Å². The number of hydrogen-bond acceptors (Lipinski definition) is 2. The molecule has 1 heterocycles. The number of nitrogens with zero attached hydrogens (tertiary/aromatic N) is 2. The van der Waals surface area contributed by atoms with Gasteiger partial charge >= 0.3 is 0 Å². The van der Waals surface area contributed by atoms with E-state index in [1.807, 2.05) is 0 Å². The molecule has 0 unspecified atom stereocenters. The molecular formula is C20H38N2O2. The fourth-order valence-corrected chi connectivity index (χ4v) is 2.85. The molecule has 0 saturated carbocycles. The molecule has 24 heavy (non-hydrogen) atoms. The van der Waals surface area contributed by atoms with Crippen molar-refractivity contribution in [3.8, 4) is 0 Å². The lowest BCUT2D eigenvalue weighted by Crippen LogP contribution is -2.30. The molecule has 0 saturated heterocycles. The van der Waals surface area contributed by atoms with Crippen LogP contribution in [0.2, 0.25) is 0 Å². The van der Waals surface area contributed by atoms with E-state index in [9.17, 15) is 0 Å². The number of aromatic nitrogens is 2. The number of hydrogen-bond donors (Lipinski definition) is 0. The van der Waals surface area contributed by atoms with Gasteiger partial charge in [-0.1, -0.05) is 65.2 Å². The Morgan fingerprint density at radius 3 is 1.96 bits per heavy atom. The van der Waals surface area contributed by atoms with Crippen LogP contribution in [0.15, 0.2) is 18.7 Å². The summed E-state index contributed by atoms with van der Waals surface area (Å²) < 4.78 is 4.72.